The Labute approximate surface area is 64.0 Å². The average Bonchev–Trinajstić information content (AvgIpc) is 1.81. The highest BCUT2D eigenvalue weighted by Crippen LogP contribution is 2.47. The van der Waals surface area contributed by atoms with Crippen molar-refractivity contribution in [3.63, 3.8) is 0 Å². The van der Waals surface area contributed by atoms with Crippen LogP contribution in [0.1, 0.15) is 33.6 Å². The summed E-state index contributed by atoms with van der Waals surface area (Å²) in [7, 11) is 0. The first-order valence-corrected chi connectivity index (χ1v) is 4.25. The maximum atomic E-state index is 5.57. The van der Waals surface area contributed by atoms with Gasteiger partial charge in [0.2, 0.25) is 0 Å². The Morgan fingerprint density at radius 2 is 2.00 bits per heavy atom. The molecule has 10 heavy (non-hydrogen) atoms. The standard InChI is InChI=1S/C9H19N/c1-7(6-10)8-4-9(2,3)5-8/h7-8H,4-6,10H2,1-3H3/t7-/m0/s1. The highest BCUT2D eigenvalue weighted by Gasteiger charge is 2.38. The molecule has 1 fully saturated rings. The fourth-order valence-corrected chi connectivity index (χ4v) is 1.95. The van der Waals surface area contributed by atoms with Crippen molar-refractivity contribution in [1.29, 1.82) is 0 Å². The van der Waals surface area contributed by atoms with Crippen LogP contribution >= 0.6 is 0 Å². The zero-order chi connectivity index (χ0) is 7.78. The molecule has 1 aliphatic rings. The lowest BCUT2D eigenvalue weighted by molar-refractivity contribution is 0.0582. The van der Waals surface area contributed by atoms with Crippen molar-refractivity contribution in [1.82, 2.24) is 0 Å². The number of hydrogen-bond acceptors (Lipinski definition) is 1. The van der Waals surface area contributed by atoms with Crippen LogP contribution in [0.15, 0.2) is 0 Å². The number of hydrogen-bond donors (Lipinski definition) is 1. The summed E-state index contributed by atoms with van der Waals surface area (Å²) in [6.07, 6.45) is 2.76. The third kappa shape index (κ3) is 1.51. The van der Waals surface area contributed by atoms with Gasteiger partial charge in [-0.3, -0.25) is 0 Å². The Kier molecular flexibility index (Phi) is 2.04. The monoisotopic (exact) mass is 141 g/mol. The fraction of sp³-hybridized carbons (Fsp3) is 1.00. The summed E-state index contributed by atoms with van der Waals surface area (Å²) < 4.78 is 0. The maximum absolute atomic E-state index is 5.57. The number of nitrogens with two attached hydrogens (primary N) is 1. The van der Waals surface area contributed by atoms with Gasteiger partial charge in [-0.1, -0.05) is 20.8 Å². The first-order valence-electron chi connectivity index (χ1n) is 4.25. The molecule has 1 saturated carbocycles. The molecular weight excluding hydrogens is 122 g/mol. The van der Waals surface area contributed by atoms with Crippen LogP contribution in [0.2, 0.25) is 0 Å². The van der Waals surface area contributed by atoms with E-state index < -0.39 is 0 Å². The van der Waals surface area contributed by atoms with Crippen molar-refractivity contribution >= 4 is 0 Å². The zero-order valence-corrected chi connectivity index (χ0v) is 7.35. The van der Waals surface area contributed by atoms with Gasteiger partial charge in [-0.05, 0) is 36.6 Å². The van der Waals surface area contributed by atoms with Crippen molar-refractivity contribution in [2.75, 3.05) is 6.54 Å². The second-order valence-electron chi connectivity index (χ2n) is 4.55. The van der Waals surface area contributed by atoms with Crippen molar-refractivity contribution in [2.24, 2.45) is 23.0 Å². The summed E-state index contributed by atoms with van der Waals surface area (Å²) in [6, 6.07) is 0. The maximum Gasteiger partial charge on any atom is -0.00488 e. The van der Waals surface area contributed by atoms with Crippen LogP contribution in [0.4, 0.5) is 0 Å². The molecule has 2 N–H and O–H groups in total. The minimum atomic E-state index is 0.619. The fourth-order valence-electron chi connectivity index (χ4n) is 1.95. The topological polar surface area (TPSA) is 26.0 Å². The summed E-state index contributed by atoms with van der Waals surface area (Å²) in [5.74, 6) is 1.66. The Morgan fingerprint density at radius 3 is 2.30 bits per heavy atom. The molecule has 1 atom stereocenters. The molecule has 0 aromatic carbocycles. The van der Waals surface area contributed by atoms with Crippen molar-refractivity contribution in [3.05, 3.63) is 0 Å². The lowest BCUT2D eigenvalue weighted by atomic mass is 9.60. The quantitative estimate of drug-likeness (QED) is 0.625. The van der Waals surface area contributed by atoms with E-state index in [-0.39, 0.29) is 0 Å². The average molecular weight is 141 g/mol. The predicted molar refractivity (Wildman–Crippen MR) is 44.7 cm³/mol. The molecule has 0 spiro atoms. The lowest BCUT2D eigenvalue weighted by Crippen LogP contribution is -2.37. The van der Waals surface area contributed by atoms with Gasteiger partial charge in [0.1, 0.15) is 0 Å². The van der Waals surface area contributed by atoms with E-state index in [0.29, 0.717) is 5.41 Å². The molecule has 0 amide bonds. The molecule has 1 heteroatoms. The van der Waals surface area contributed by atoms with Crippen LogP contribution in [0, 0.1) is 17.3 Å². The Bertz CT molecular complexity index is 110. The molecule has 0 saturated heterocycles. The minimum absolute atomic E-state index is 0.619. The second kappa shape index (κ2) is 2.54. The highest BCUT2D eigenvalue weighted by atomic mass is 14.6. The molecule has 0 bridgehead atoms. The van der Waals surface area contributed by atoms with Crippen LogP contribution in [0.5, 0.6) is 0 Å². The van der Waals surface area contributed by atoms with Gasteiger partial charge in [0, 0.05) is 0 Å². The van der Waals surface area contributed by atoms with Gasteiger partial charge in [0.25, 0.3) is 0 Å². The van der Waals surface area contributed by atoms with E-state index in [1.807, 2.05) is 0 Å². The Morgan fingerprint density at radius 1 is 1.50 bits per heavy atom. The van der Waals surface area contributed by atoms with Crippen LogP contribution in [-0.2, 0) is 0 Å². The lowest BCUT2D eigenvalue weighted by Gasteiger charge is -2.45. The third-order valence-corrected chi connectivity index (χ3v) is 2.81. The largest absolute Gasteiger partial charge is 0.330 e. The van der Waals surface area contributed by atoms with E-state index in [2.05, 4.69) is 20.8 Å². The second-order valence-corrected chi connectivity index (χ2v) is 4.55. The van der Waals surface area contributed by atoms with Gasteiger partial charge < -0.3 is 5.73 Å². The molecule has 0 heterocycles. The number of rotatable bonds is 2. The van der Waals surface area contributed by atoms with E-state index in [1.54, 1.807) is 0 Å². The van der Waals surface area contributed by atoms with Gasteiger partial charge in [-0.15, -0.1) is 0 Å². The molecule has 0 unspecified atom stereocenters. The molecule has 1 aliphatic carbocycles. The van der Waals surface area contributed by atoms with Gasteiger partial charge in [-0.2, -0.15) is 0 Å². The van der Waals surface area contributed by atoms with Crippen LogP contribution in [0.25, 0.3) is 0 Å². The van der Waals surface area contributed by atoms with E-state index in [0.717, 1.165) is 18.4 Å². The summed E-state index contributed by atoms with van der Waals surface area (Å²) in [4.78, 5) is 0. The Hall–Kier alpha value is -0.0400. The van der Waals surface area contributed by atoms with Gasteiger partial charge >= 0.3 is 0 Å². The Balaban J connectivity index is 2.26. The summed E-state index contributed by atoms with van der Waals surface area (Å²) in [5, 5.41) is 0. The molecular formula is C9H19N. The SMILES string of the molecule is C[C@@H](CN)C1CC(C)(C)C1. The van der Waals surface area contributed by atoms with Crippen molar-refractivity contribution in [2.45, 2.75) is 33.6 Å². The van der Waals surface area contributed by atoms with E-state index in [4.69, 9.17) is 5.73 Å². The zero-order valence-electron chi connectivity index (χ0n) is 7.35. The molecule has 0 radical (unpaired) electrons. The van der Waals surface area contributed by atoms with Crippen LogP contribution in [0.3, 0.4) is 0 Å². The summed E-state index contributed by atoms with van der Waals surface area (Å²) in [5.41, 5.74) is 6.19. The molecule has 0 aromatic rings. The van der Waals surface area contributed by atoms with E-state index in [9.17, 15) is 0 Å². The first kappa shape index (κ1) is 8.06. The smallest absolute Gasteiger partial charge is 0.00488 e. The van der Waals surface area contributed by atoms with Gasteiger partial charge in [-0.25, -0.2) is 0 Å². The predicted octanol–water partition coefficient (Wildman–Crippen LogP) is 2.02. The highest BCUT2D eigenvalue weighted by molar-refractivity contribution is 4.89. The molecule has 60 valence electrons. The summed E-state index contributed by atoms with van der Waals surface area (Å²) >= 11 is 0. The van der Waals surface area contributed by atoms with Gasteiger partial charge in [0.15, 0.2) is 0 Å². The normalized spacial score (nSPS) is 27.6. The van der Waals surface area contributed by atoms with Gasteiger partial charge in [0.05, 0.1) is 0 Å². The van der Waals surface area contributed by atoms with E-state index >= 15 is 0 Å². The van der Waals surface area contributed by atoms with E-state index in [1.165, 1.54) is 12.8 Å². The minimum Gasteiger partial charge on any atom is -0.330 e. The first-order chi connectivity index (χ1) is 4.55. The van der Waals surface area contributed by atoms with Crippen LogP contribution in [-0.4, -0.2) is 6.54 Å². The van der Waals surface area contributed by atoms with Crippen molar-refractivity contribution in [3.8, 4) is 0 Å². The molecule has 0 aliphatic heterocycles. The van der Waals surface area contributed by atoms with Crippen LogP contribution < -0.4 is 5.73 Å². The molecule has 1 rings (SSSR count). The summed E-state index contributed by atoms with van der Waals surface area (Å²) in [6.45, 7) is 7.81. The molecule has 1 nitrogen and oxygen atoms in total. The van der Waals surface area contributed by atoms with Crippen molar-refractivity contribution < 1.29 is 0 Å². The third-order valence-electron chi connectivity index (χ3n) is 2.81. The molecule has 0 aromatic heterocycles.